The highest BCUT2D eigenvalue weighted by atomic mass is 32.2. The van der Waals surface area contributed by atoms with Gasteiger partial charge in [-0.3, -0.25) is 9.98 Å². The average Bonchev–Trinajstić information content (AvgIpc) is 2.94. The SMILES string of the molecule is C(=N[C@@H]1CCCC[C@H]1N=Cc1ccccc1SC1CCCCC1)c1ccccc1SC1CCCCC1. The predicted molar refractivity (Wildman–Crippen MR) is 160 cm³/mol. The summed E-state index contributed by atoms with van der Waals surface area (Å²) in [5, 5.41) is 1.54. The normalized spacial score (nSPS) is 24.6. The number of nitrogens with zero attached hydrogens (tertiary/aromatic N) is 2. The van der Waals surface area contributed by atoms with E-state index >= 15 is 0 Å². The van der Waals surface area contributed by atoms with Gasteiger partial charge < -0.3 is 0 Å². The molecule has 3 fully saturated rings. The molecule has 2 nitrogen and oxygen atoms in total. The van der Waals surface area contributed by atoms with Crippen LogP contribution in [0.2, 0.25) is 0 Å². The molecule has 3 saturated carbocycles. The number of aliphatic imine (C=N–C) groups is 2. The molecule has 3 aliphatic carbocycles. The minimum atomic E-state index is 0.292. The van der Waals surface area contributed by atoms with E-state index in [4.69, 9.17) is 9.98 Å². The highest BCUT2D eigenvalue weighted by molar-refractivity contribution is 8.00. The molecule has 0 unspecified atom stereocenters. The van der Waals surface area contributed by atoms with Crippen LogP contribution in [-0.4, -0.2) is 35.0 Å². The first-order valence-corrected chi connectivity index (χ1v) is 16.2. The summed E-state index contributed by atoms with van der Waals surface area (Å²) >= 11 is 4.16. The van der Waals surface area contributed by atoms with Crippen molar-refractivity contribution in [3.63, 3.8) is 0 Å². The number of hydrogen-bond acceptors (Lipinski definition) is 4. The van der Waals surface area contributed by atoms with Crippen LogP contribution < -0.4 is 0 Å². The Labute approximate surface area is 227 Å². The Balaban J connectivity index is 1.26. The van der Waals surface area contributed by atoms with E-state index in [0.29, 0.717) is 12.1 Å². The first kappa shape index (κ1) is 26.1. The van der Waals surface area contributed by atoms with E-state index in [2.05, 4.69) is 84.5 Å². The smallest absolute Gasteiger partial charge is 0.0723 e. The Morgan fingerprint density at radius 1 is 0.500 bits per heavy atom. The van der Waals surface area contributed by atoms with Gasteiger partial charge in [0.25, 0.3) is 0 Å². The van der Waals surface area contributed by atoms with Gasteiger partial charge in [-0.2, -0.15) is 0 Å². The molecular weight excluding hydrogens is 477 g/mol. The first-order chi connectivity index (χ1) is 17.8. The Morgan fingerprint density at radius 2 is 0.889 bits per heavy atom. The van der Waals surface area contributed by atoms with E-state index in [1.54, 1.807) is 0 Å². The molecule has 2 atom stereocenters. The third kappa shape index (κ3) is 7.51. The van der Waals surface area contributed by atoms with Gasteiger partial charge in [-0.25, -0.2) is 0 Å². The Hall–Kier alpha value is -1.52. The molecule has 0 aliphatic heterocycles. The van der Waals surface area contributed by atoms with Gasteiger partial charge in [0.1, 0.15) is 0 Å². The fraction of sp³-hybridized carbons (Fsp3) is 0.562. The number of benzene rings is 2. The lowest BCUT2D eigenvalue weighted by Gasteiger charge is -2.26. The molecular formula is C32H42N2S2. The summed E-state index contributed by atoms with van der Waals surface area (Å²) in [7, 11) is 0. The molecule has 0 saturated heterocycles. The summed E-state index contributed by atoms with van der Waals surface area (Å²) in [6, 6.07) is 18.3. The molecule has 0 radical (unpaired) electrons. The van der Waals surface area contributed by atoms with Gasteiger partial charge in [0.15, 0.2) is 0 Å². The maximum absolute atomic E-state index is 5.16. The van der Waals surface area contributed by atoms with Gasteiger partial charge in [-0.05, 0) is 50.7 Å². The van der Waals surface area contributed by atoms with Gasteiger partial charge in [0.2, 0.25) is 0 Å². The van der Waals surface area contributed by atoms with E-state index in [9.17, 15) is 0 Å². The zero-order valence-corrected chi connectivity index (χ0v) is 23.3. The molecule has 0 amide bonds. The molecule has 0 heterocycles. The Bertz CT molecular complexity index is 923. The van der Waals surface area contributed by atoms with Gasteiger partial charge >= 0.3 is 0 Å². The minimum Gasteiger partial charge on any atom is -0.287 e. The molecule has 36 heavy (non-hydrogen) atoms. The summed E-state index contributed by atoms with van der Waals surface area (Å²) in [6.07, 6.45) is 22.9. The zero-order valence-electron chi connectivity index (χ0n) is 21.7. The van der Waals surface area contributed by atoms with Crippen LogP contribution in [0.4, 0.5) is 0 Å². The van der Waals surface area contributed by atoms with E-state index in [1.807, 2.05) is 0 Å². The van der Waals surface area contributed by atoms with Crippen LogP contribution in [0, 0.1) is 0 Å². The monoisotopic (exact) mass is 518 g/mol. The van der Waals surface area contributed by atoms with Crippen LogP contribution in [0.3, 0.4) is 0 Å². The van der Waals surface area contributed by atoms with Gasteiger partial charge in [0.05, 0.1) is 12.1 Å². The largest absolute Gasteiger partial charge is 0.287 e. The van der Waals surface area contributed by atoms with Crippen molar-refractivity contribution in [2.24, 2.45) is 9.98 Å². The standard InChI is InChI=1S/C32H42N2S2/c1-3-15-27(16-4-1)35-31-21-11-7-13-25(31)23-33-29-19-9-10-20-30(29)34-24-26-14-8-12-22-32(26)36-28-17-5-2-6-18-28/h7-8,11-14,21-24,27-30H,1-6,9-10,15-20H2/t29-,30-/m1/s1. The number of thioether (sulfide) groups is 2. The Kier molecular flexibility index (Phi) is 10.0. The molecule has 4 heteroatoms. The van der Waals surface area contributed by atoms with E-state index in [-0.39, 0.29) is 0 Å². The summed E-state index contributed by atoms with van der Waals surface area (Å²) in [4.78, 5) is 13.1. The molecule has 0 bridgehead atoms. The molecule has 2 aromatic rings. The van der Waals surface area contributed by atoms with E-state index in [1.165, 1.54) is 98.0 Å². The summed E-state index contributed by atoms with van der Waals surface area (Å²) in [5.74, 6) is 0. The second-order valence-corrected chi connectivity index (χ2v) is 13.5. The summed E-state index contributed by atoms with van der Waals surface area (Å²) in [5.41, 5.74) is 2.58. The fourth-order valence-corrected chi connectivity index (χ4v) is 8.59. The second-order valence-electron chi connectivity index (χ2n) is 10.8. The van der Waals surface area contributed by atoms with Crippen LogP contribution in [0.1, 0.15) is 101 Å². The quantitative estimate of drug-likeness (QED) is 0.325. The van der Waals surface area contributed by atoms with Crippen molar-refractivity contribution < 1.29 is 0 Å². The number of hydrogen-bond donors (Lipinski definition) is 0. The topological polar surface area (TPSA) is 24.7 Å². The lowest BCUT2D eigenvalue weighted by molar-refractivity contribution is 0.390. The maximum Gasteiger partial charge on any atom is 0.0723 e. The average molecular weight is 519 g/mol. The highest BCUT2D eigenvalue weighted by Gasteiger charge is 2.24. The molecule has 0 N–H and O–H groups in total. The maximum atomic E-state index is 5.16. The van der Waals surface area contributed by atoms with Gasteiger partial charge in [0, 0.05) is 43.8 Å². The predicted octanol–water partition coefficient (Wildman–Crippen LogP) is 9.39. The van der Waals surface area contributed by atoms with Crippen molar-refractivity contribution in [3.05, 3.63) is 59.7 Å². The molecule has 3 aliphatic rings. The lowest BCUT2D eigenvalue weighted by atomic mass is 9.91. The number of rotatable bonds is 8. The van der Waals surface area contributed by atoms with Crippen LogP contribution >= 0.6 is 23.5 Å². The lowest BCUT2D eigenvalue weighted by Crippen LogP contribution is -2.27. The first-order valence-electron chi connectivity index (χ1n) is 14.4. The van der Waals surface area contributed by atoms with Crippen LogP contribution in [-0.2, 0) is 0 Å². The van der Waals surface area contributed by atoms with Crippen LogP contribution in [0.15, 0.2) is 68.3 Å². The van der Waals surface area contributed by atoms with Crippen molar-refractivity contribution in [1.82, 2.24) is 0 Å². The summed E-state index contributed by atoms with van der Waals surface area (Å²) in [6.45, 7) is 0. The zero-order chi connectivity index (χ0) is 24.4. The van der Waals surface area contributed by atoms with Crippen LogP contribution in [0.5, 0.6) is 0 Å². The third-order valence-corrected chi connectivity index (χ3v) is 10.9. The molecule has 192 valence electrons. The fourth-order valence-electron chi connectivity index (χ4n) is 5.91. The van der Waals surface area contributed by atoms with Crippen molar-refractivity contribution in [1.29, 1.82) is 0 Å². The van der Waals surface area contributed by atoms with Crippen molar-refractivity contribution in [3.8, 4) is 0 Å². The highest BCUT2D eigenvalue weighted by Crippen LogP contribution is 2.36. The molecule has 2 aromatic carbocycles. The summed E-state index contributed by atoms with van der Waals surface area (Å²) < 4.78 is 0. The van der Waals surface area contributed by atoms with Gasteiger partial charge in [-0.15, -0.1) is 23.5 Å². The van der Waals surface area contributed by atoms with Crippen molar-refractivity contribution >= 4 is 36.0 Å². The second kappa shape index (κ2) is 13.9. The third-order valence-electron chi connectivity index (χ3n) is 8.03. The van der Waals surface area contributed by atoms with Crippen LogP contribution in [0.25, 0.3) is 0 Å². The Morgan fingerprint density at radius 3 is 1.33 bits per heavy atom. The van der Waals surface area contributed by atoms with Crippen molar-refractivity contribution in [2.75, 3.05) is 0 Å². The van der Waals surface area contributed by atoms with E-state index in [0.717, 1.165) is 23.3 Å². The molecule has 5 rings (SSSR count). The van der Waals surface area contributed by atoms with Crippen molar-refractivity contribution in [2.45, 2.75) is 122 Å². The van der Waals surface area contributed by atoms with Gasteiger partial charge in [-0.1, -0.05) is 87.8 Å². The van der Waals surface area contributed by atoms with E-state index < -0.39 is 0 Å². The minimum absolute atomic E-state index is 0.292. The molecule has 0 aromatic heterocycles. The molecule has 0 spiro atoms.